The van der Waals surface area contributed by atoms with E-state index in [0.717, 1.165) is 5.75 Å². The van der Waals surface area contributed by atoms with Crippen molar-refractivity contribution in [3.63, 3.8) is 0 Å². The molecule has 6 rings (SSSR count). The summed E-state index contributed by atoms with van der Waals surface area (Å²) in [4.78, 5) is 0. The van der Waals surface area contributed by atoms with Crippen molar-refractivity contribution in [2.75, 3.05) is 7.11 Å². The van der Waals surface area contributed by atoms with E-state index < -0.39 is 0 Å². The minimum absolute atomic E-state index is 0.891. The van der Waals surface area contributed by atoms with Gasteiger partial charge in [0.15, 0.2) is 0 Å². The third-order valence-electron chi connectivity index (χ3n) is 5.90. The lowest BCUT2D eigenvalue weighted by molar-refractivity contribution is 0.415. The Morgan fingerprint density at radius 2 is 0.964 bits per heavy atom. The Labute approximate surface area is 162 Å². The van der Waals surface area contributed by atoms with Crippen molar-refractivity contribution in [3.8, 4) is 5.75 Å². The molecule has 0 N–H and O–H groups in total. The Balaban J connectivity index is 1.98. The number of ether oxygens (including phenoxy) is 1. The van der Waals surface area contributed by atoms with Gasteiger partial charge in [0.1, 0.15) is 5.75 Å². The molecule has 6 aromatic carbocycles. The molecule has 0 spiro atoms. The molecule has 0 amide bonds. The maximum Gasteiger partial charge on any atom is 0.119 e. The number of hydrogen-bond acceptors (Lipinski definition) is 1. The Kier molecular flexibility index (Phi) is 3.15. The normalized spacial score (nSPS) is 11.8. The van der Waals surface area contributed by atoms with Crippen LogP contribution in [-0.4, -0.2) is 7.11 Å². The minimum atomic E-state index is 0.891. The summed E-state index contributed by atoms with van der Waals surface area (Å²) in [7, 11) is 1.73. The molecule has 0 aromatic heterocycles. The SMILES string of the molecule is COc1ccc2ccc3ccc4ccc5ccc6ccccc6c5c4c3c2c1. The van der Waals surface area contributed by atoms with E-state index in [1.54, 1.807) is 7.11 Å². The van der Waals surface area contributed by atoms with E-state index in [9.17, 15) is 0 Å². The minimum Gasteiger partial charge on any atom is -0.497 e. The van der Waals surface area contributed by atoms with E-state index in [1.807, 2.05) is 6.07 Å². The van der Waals surface area contributed by atoms with Crippen LogP contribution in [0.25, 0.3) is 53.9 Å². The van der Waals surface area contributed by atoms with Crippen LogP contribution >= 0.6 is 0 Å². The maximum absolute atomic E-state index is 5.54. The van der Waals surface area contributed by atoms with Gasteiger partial charge < -0.3 is 4.74 Å². The summed E-state index contributed by atoms with van der Waals surface area (Å²) < 4.78 is 5.54. The zero-order chi connectivity index (χ0) is 18.7. The smallest absolute Gasteiger partial charge is 0.119 e. The molecule has 0 heterocycles. The second-order valence-corrected chi connectivity index (χ2v) is 7.36. The Morgan fingerprint density at radius 1 is 0.464 bits per heavy atom. The average molecular weight is 358 g/mol. The molecule has 6 aromatic rings. The lowest BCUT2D eigenvalue weighted by Gasteiger charge is -2.13. The second kappa shape index (κ2) is 5.71. The molecule has 0 saturated carbocycles. The monoisotopic (exact) mass is 358 g/mol. The van der Waals surface area contributed by atoms with Gasteiger partial charge >= 0.3 is 0 Å². The van der Waals surface area contributed by atoms with Gasteiger partial charge in [-0.25, -0.2) is 0 Å². The van der Waals surface area contributed by atoms with Gasteiger partial charge in [-0.05, 0) is 66.0 Å². The second-order valence-electron chi connectivity index (χ2n) is 7.36. The number of hydrogen-bond donors (Lipinski definition) is 0. The molecule has 0 aliphatic heterocycles. The fraction of sp³-hybridized carbons (Fsp3) is 0.0370. The van der Waals surface area contributed by atoms with Crippen molar-refractivity contribution in [1.29, 1.82) is 0 Å². The van der Waals surface area contributed by atoms with Crippen LogP contribution in [0.1, 0.15) is 0 Å². The summed E-state index contributed by atoms with van der Waals surface area (Å²) in [5.74, 6) is 0.891. The van der Waals surface area contributed by atoms with E-state index >= 15 is 0 Å². The van der Waals surface area contributed by atoms with Gasteiger partial charge in [-0.15, -0.1) is 0 Å². The Bertz CT molecular complexity index is 1530. The van der Waals surface area contributed by atoms with Crippen molar-refractivity contribution in [2.24, 2.45) is 0 Å². The quantitative estimate of drug-likeness (QED) is 0.277. The van der Waals surface area contributed by atoms with Gasteiger partial charge in [-0.1, -0.05) is 78.9 Å². The van der Waals surface area contributed by atoms with Crippen molar-refractivity contribution >= 4 is 53.9 Å². The van der Waals surface area contributed by atoms with E-state index in [-0.39, 0.29) is 0 Å². The molecule has 28 heavy (non-hydrogen) atoms. The molecule has 0 aliphatic carbocycles. The topological polar surface area (TPSA) is 9.23 Å². The highest BCUT2D eigenvalue weighted by molar-refractivity contribution is 6.32. The van der Waals surface area contributed by atoms with Crippen molar-refractivity contribution < 1.29 is 4.74 Å². The first-order chi connectivity index (χ1) is 13.8. The first-order valence-electron chi connectivity index (χ1n) is 9.57. The predicted molar refractivity (Wildman–Crippen MR) is 121 cm³/mol. The van der Waals surface area contributed by atoms with Crippen LogP contribution in [0.2, 0.25) is 0 Å². The third kappa shape index (κ3) is 2.07. The standard InChI is InChI=1S/C27H18O/c1-28-22-15-14-18-7-9-20-11-13-21-12-10-19-8-6-17-4-2-3-5-23(17)25(19)27(21)26(20)24(18)16-22/h2-16H,1H3. The first-order valence-corrected chi connectivity index (χ1v) is 9.57. The van der Waals surface area contributed by atoms with Crippen molar-refractivity contribution in [2.45, 2.75) is 0 Å². The van der Waals surface area contributed by atoms with Crippen LogP contribution < -0.4 is 4.74 Å². The average Bonchev–Trinajstić information content (AvgIpc) is 2.77. The lowest BCUT2D eigenvalue weighted by atomic mass is 9.90. The van der Waals surface area contributed by atoms with Crippen LogP contribution in [0.4, 0.5) is 0 Å². The molecule has 0 radical (unpaired) electrons. The Morgan fingerprint density at radius 3 is 1.64 bits per heavy atom. The number of rotatable bonds is 1. The molecule has 1 heteroatoms. The maximum atomic E-state index is 5.54. The van der Waals surface area contributed by atoms with Gasteiger partial charge in [0, 0.05) is 0 Å². The zero-order valence-electron chi connectivity index (χ0n) is 15.6. The van der Waals surface area contributed by atoms with E-state index in [1.165, 1.54) is 53.9 Å². The summed E-state index contributed by atoms with van der Waals surface area (Å²) in [5.41, 5.74) is 0. The van der Waals surface area contributed by atoms with E-state index in [0.29, 0.717) is 0 Å². The van der Waals surface area contributed by atoms with Crippen LogP contribution in [0, 0.1) is 0 Å². The summed E-state index contributed by atoms with van der Waals surface area (Å²) in [5, 5.41) is 12.8. The number of fused-ring (bicyclic) bond motifs is 9. The number of methoxy groups -OCH3 is 1. The van der Waals surface area contributed by atoms with Gasteiger partial charge in [0.2, 0.25) is 0 Å². The predicted octanol–water partition coefficient (Wildman–Crippen LogP) is 7.46. The van der Waals surface area contributed by atoms with Gasteiger partial charge in [0.05, 0.1) is 7.11 Å². The highest BCUT2D eigenvalue weighted by Crippen LogP contribution is 2.40. The zero-order valence-corrected chi connectivity index (χ0v) is 15.6. The van der Waals surface area contributed by atoms with Crippen LogP contribution in [0.3, 0.4) is 0 Å². The fourth-order valence-corrected chi connectivity index (χ4v) is 4.56. The van der Waals surface area contributed by atoms with Gasteiger partial charge in [-0.3, -0.25) is 0 Å². The molecule has 1 nitrogen and oxygen atoms in total. The molecule has 0 fully saturated rings. The largest absolute Gasteiger partial charge is 0.497 e. The Hall–Kier alpha value is -3.58. The third-order valence-corrected chi connectivity index (χ3v) is 5.90. The lowest BCUT2D eigenvalue weighted by Crippen LogP contribution is -1.87. The molecular weight excluding hydrogens is 340 g/mol. The molecular formula is C27H18O. The van der Waals surface area contributed by atoms with Crippen LogP contribution in [0.15, 0.2) is 91.0 Å². The fourth-order valence-electron chi connectivity index (χ4n) is 4.56. The van der Waals surface area contributed by atoms with E-state index in [4.69, 9.17) is 4.74 Å². The highest BCUT2D eigenvalue weighted by Gasteiger charge is 2.11. The summed E-state index contributed by atoms with van der Waals surface area (Å²) in [6.07, 6.45) is 0. The first kappa shape index (κ1) is 15.5. The number of benzene rings is 6. The summed E-state index contributed by atoms with van der Waals surface area (Å²) >= 11 is 0. The summed E-state index contributed by atoms with van der Waals surface area (Å²) in [6.45, 7) is 0. The molecule has 0 unspecified atom stereocenters. The van der Waals surface area contributed by atoms with Gasteiger partial charge in [0.25, 0.3) is 0 Å². The molecule has 0 bridgehead atoms. The van der Waals surface area contributed by atoms with Crippen LogP contribution in [0.5, 0.6) is 5.75 Å². The van der Waals surface area contributed by atoms with E-state index in [2.05, 4.69) is 84.9 Å². The molecule has 0 aliphatic rings. The molecule has 0 saturated heterocycles. The highest BCUT2D eigenvalue weighted by atomic mass is 16.5. The van der Waals surface area contributed by atoms with Gasteiger partial charge in [-0.2, -0.15) is 0 Å². The molecule has 0 atom stereocenters. The summed E-state index contributed by atoms with van der Waals surface area (Å²) in [6, 6.07) is 32.9. The van der Waals surface area contributed by atoms with Crippen LogP contribution in [-0.2, 0) is 0 Å². The van der Waals surface area contributed by atoms with Crippen molar-refractivity contribution in [3.05, 3.63) is 91.0 Å². The molecule has 132 valence electrons. The van der Waals surface area contributed by atoms with Crippen molar-refractivity contribution in [1.82, 2.24) is 0 Å².